The summed E-state index contributed by atoms with van der Waals surface area (Å²) in [5, 5.41) is 15.0. The second-order valence-electron chi connectivity index (χ2n) is 6.14. The SMILES string of the molecule is CC(CNC(=O)OC(C)(C)C)NCc1ccc(CO)cc1. The monoisotopic (exact) mass is 294 g/mol. The van der Waals surface area contributed by atoms with Crippen molar-refractivity contribution in [1.29, 1.82) is 0 Å². The zero-order valence-corrected chi connectivity index (χ0v) is 13.3. The Morgan fingerprint density at radius 2 is 1.81 bits per heavy atom. The second-order valence-corrected chi connectivity index (χ2v) is 6.14. The van der Waals surface area contributed by atoms with E-state index in [-0.39, 0.29) is 12.6 Å². The number of alkyl carbamates (subject to hydrolysis) is 1. The predicted molar refractivity (Wildman–Crippen MR) is 82.9 cm³/mol. The summed E-state index contributed by atoms with van der Waals surface area (Å²) >= 11 is 0. The van der Waals surface area contributed by atoms with E-state index in [9.17, 15) is 4.79 Å². The van der Waals surface area contributed by atoms with E-state index >= 15 is 0 Å². The topological polar surface area (TPSA) is 70.6 Å². The third-order valence-electron chi connectivity index (χ3n) is 2.81. The second kappa shape index (κ2) is 8.00. The molecule has 0 saturated carbocycles. The number of benzene rings is 1. The van der Waals surface area contributed by atoms with Crippen LogP contribution in [0.25, 0.3) is 0 Å². The zero-order chi connectivity index (χ0) is 15.9. The molecule has 5 nitrogen and oxygen atoms in total. The number of aliphatic hydroxyl groups is 1. The summed E-state index contributed by atoms with van der Waals surface area (Å²) in [5.41, 5.74) is 1.56. The number of hydrogen-bond acceptors (Lipinski definition) is 4. The Balaban J connectivity index is 2.27. The van der Waals surface area contributed by atoms with Crippen molar-refractivity contribution >= 4 is 6.09 Å². The lowest BCUT2D eigenvalue weighted by atomic mass is 10.1. The molecule has 1 amide bonds. The molecule has 0 spiro atoms. The van der Waals surface area contributed by atoms with Crippen molar-refractivity contribution in [2.24, 2.45) is 0 Å². The molecule has 1 atom stereocenters. The number of carbonyl (C=O) groups is 1. The van der Waals surface area contributed by atoms with Crippen LogP contribution in [0.4, 0.5) is 4.79 Å². The number of nitrogens with one attached hydrogen (secondary N) is 2. The van der Waals surface area contributed by atoms with Gasteiger partial charge in [0.05, 0.1) is 6.61 Å². The Bertz CT molecular complexity index is 438. The highest BCUT2D eigenvalue weighted by molar-refractivity contribution is 5.67. The van der Waals surface area contributed by atoms with Gasteiger partial charge in [0.1, 0.15) is 5.60 Å². The third-order valence-corrected chi connectivity index (χ3v) is 2.81. The average molecular weight is 294 g/mol. The lowest BCUT2D eigenvalue weighted by molar-refractivity contribution is 0.0523. The van der Waals surface area contributed by atoms with Crippen LogP contribution >= 0.6 is 0 Å². The summed E-state index contributed by atoms with van der Waals surface area (Å²) in [6.07, 6.45) is -0.400. The van der Waals surface area contributed by atoms with Crippen molar-refractivity contribution in [3.63, 3.8) is 0 Å². The first kappa shape index (κ1) is 17.5. The molecule has 5 heteroatoms. The Labute approximate surface area is 126 Å². The summed E-state index contributed by atoms with van der Waals surface area (Å²) < 4.78 is 5.17. The first-order chi connectivity index (χ1) is 9.80. The molecule has 0 radical (unpaired) electrons. The van der Waals surface area contributed by atoms with Gasteiger partial charge < -0.3 is 20.5 Å². The van der Waals surface area contributed by atoms with Crippen molar-refractivity contribution < 1.29 is 14.6 Å². The number of amides is 1. The highest BCUT2D eigenvalue weighted by Gasteiger charge is 2.16. The molecular formula is C16H26N2O3. The molecule has 0 fully saturated rings. The van der Waals surface area contributed by atoms with Crippen molar-refractivity contribution in [2.45, 2.75) is 52.5 Å². The lowest BCUT2D eigenvalue weighted by Crippen LogP contribution is -2.40. The van der Waals surface area contributed by atoms with Crippen molar-refractivity contribution in [2.75, 3.05) is 6.54 Å². The molecule has 0 saturated heterocycles. The molecule has 0 aliphatic rings. The highest BCUT2D eigenvalue weighted by Crippen LogP contribution is 2.06. The van der Waals surface area contributed by atoms with Gasteiger partial charge >= 0.3 is 6.09 Å². The van der Waals surface area contributed by atoms with Crippen LogP contribution in [0, 0.1) is 0 Å². The van der Waals surface area contributed by atoms with Crippen molar-refractivity contribution in [3.05, 3.63) is 35.4 Å². The standard InChI is InChI=1S/C16H26N2O3/c1-12(9-18-15(20)21-16(2,3)4)17-10-13-5-7-14(11-19)8-6-13/h5-8,12,17,19H,9-11H2,1-4H3,(H,18,20). The van der Waals surface area contributed by atoms with Crippen molar-refractivity contribution in [1.82, 2.24) is 10.6 Å². The fourth-order valence-corrected chi connectivity index (χ4v) is 1.68. The quantitative estimate of drug-likeness (QED) is 0.752. The summed E-state index contributed by atoms with van der Waals surface area (Å²) in [6.45, 7) is 8.79. The summed E-state index contributed by atoms with van der Waals surface area (Å²) in [5.74, 6) is 0. The van der Waals surface area contributed by atoms with Crippen LogP contribution in [0.2, 0.25) is 0 Å². The molecule has 1 rings (SSSR count). The molecule has 1 unspecified atom stereocenters. The van der Waals surface area contributed by atoms with Gasteiger partial charge in [-0.15, -0.1) is 0 Å². The maximum atomic E-state index is 11.5. The third kappa shape index (κ3) is 7.68. The number of aliphatic hydroxyl groups excluding tert-OH is 1. The molecule has 0 bridgehead atoms. The molecule has 3 N–H and O–H groups in total. The molecule has 0 aliphatic heterocycles. The minimum absolute atomic E-state index is 0.0594. The summed E-state index contributed by atoms with van der Waals surface area (Å²) in [7, 11) is 0. The van der Waals surface area contributed by atoms with E-state index in [1.54, 1.807) is 0 Å². The van der Waals surface area contributed by atoms with Crippen LogP contribution in [-0.2, 0) is 17.9 Å². The first-order valence-electron chi connectivity index (χ1n) is 7.19. The molecule has 21 heavy (non-hydrogen) atoms. The Hall–Kier alpha value is -1.59. The zero-order valence-electron chi connectivity index (χ0n) is 13.3. The van der Waals surface area contributed by atoms with Crippen molar-refractivity contribution in [3.8, 4) is 0 Å². The Morgan fingerprint density at radius 1 is 1.24 bits per heavy atom. The van der Waals surface area contributed by atoms with E-state index in [0.29, 0.717) is 13.1 Å². The van der Waals surface area contributed by atoms with Gasteiger partial charge in [0.15, 0.2) is 0 Å². The molecule has 0 aliphatic carbocycles. The van der Waals surface area contributed by atoms with E-state index in [2.05, 4.69) is 10.6 Å². The predicted octanol–water partition coefficient (Wildman–Crippen LogP) is 2.18. The maximum absolute atomic E-state index is 11.5. The number of hydrogen-bond donors (Lipinski definition) is 3. The normalized spacial score (nSPS) is 12.8. The smallest absolute Gasteiger partial charge is 0.407 e. The fraction of sp³-hybridized carbons (Fsp3) is 0.562. The molecule has 0 heterocycles. The molecule has 1 aromatic rings. The van der Waals surface area contributed by atoms with Gasteiger partial charge in [0, 0.05) is 19.1 Å². The van der Waals surface area contributed by atoms with Crippen LogP contribution in [0.3, 0.4) is 0 Å². The number of carbonyl (C=O) groups excluding carboxylic acids is 1. The highest BCUT2D eigenvalue weighted by atomic mass is 16.6. The van der Waals surface area contributed by atoms with Gasteiger partial charge in [0.2, 0.25) is 0 Å². The van der Waals surface area contributed by atoms with E-state index in [1.165, 1.54) is 0 Å². The van der Waals surface area contributed by atoms with Crippen LogP contribution in [0.1, 0.15) is 38.8 Å². The molecule has 0 aromatic heterocycles. The van der Waals surface area contributed by atoms with E-state index in [1.807, 2.05) is 52.0 Å². The molecule has 1 aromatic carbocycles. The Morgan fingerprint density at radius 3 is 2.33 bits per heavy atom. The average Bonchev–Trinajstić information content (AvgIpc) is 2.41. The first-order valence-corrected chi connectivity index (χ1v) is 7.19. The summed E-state index contributed by atoms with van der Waals surface area (Å²) in [4.78, 5) is 11.5. The minimum Gasteiger partial charge on any atom is -0.444 e. The summed E-state index contributed by atoms with van der Waals surface area (Å²) in [6, 6.07) is 7.90. The minimum atomic E-state index is -0.477. The van der Waals surface area contributed by atoms with E-state index in [4.69, 9.17) is 9.84 Å². The van der Waals surface area contributed by atoms with Crippen LogP contribution < -0.4 is 10.6 Å². The largest absolute Gasteiger partial charge is 0.444 e. The van der Waals surface area contributed by atoms with E-state index < -0.39 is 11.7 Å². The molecular weight excluding hydrogens is 268 g/mol. The van der Waals surface area contributed by atoms with Gasteiger partial charge in [-0.05, 0) is 38.8 Å². The van der Waals surface area contributed by atoms with Gasteiger partial charge in [0.25, 0.3) is 0 Å². The fourth-order valence-electron chi connectivity index (χ4n) is 1.68. The van der Waals surface area contributed by atoms with E-state index in [0.717, 1.165) is 11.1 Å². The van der Waals surface area contributed by atoms with Gasteiger partial charge in [-0.2, -0.15) is 0 Å². The van der Waals surface area contributed by atoms with Gasteiger partial charge in [-0.1, -0.05) is 24.3 Å². The molecule has 118 valence electrons. The maximum Gasteiger partial charge on any atom is 0.407 e. The Kier molecular flexibility index (Phi) is 6.65. The lowest BCUT2D eigenvalue weighted by Gasteiger charge is -2.21. The van der Waals surface area contributed by atoms with Crippen LogP contribution in [0.5, 0.6) is 0 Å². The number of rotatable bonds is 6. The van der Waals surface area contributed by atoms with Crippen LogP contribution in [0.15, 0.2) is 24.3 Å². The van der Waals surface area contributed by atoms with Gasteiger partial charge in [-0.25, -0.2) is 4.79 Å². The number of ether oxygens (including phenoxy) is 1. The van der Waals surface area contributed by atoms with Crippen LogP contribution in [-0.4, -0.2) is 29.4 Å². The van der Waals surface area contributed by atoms with Gasteiger partial charge in [-0.3, -0.25) is 0 Å².